The van der Waals surface area contributed by atoms with E-state index in [0.29, 0.717) is 5.13 Å². The van der Waals surface area contributed by atoms with E-state index in [9.17, 15) is 9.59 Å². The Bertz CT molecular complexity index is 1050. The Kier molecular flexibility index (Phi) is 6.58. The Morgan fingerprint density at radius 3 is 2.70 bits per heavy atom. The fourth-order valence-corrected chi connectivity index (χ4v) is 3.40. The lowest BCUT2D eigenvalue weighted by Gasteiger charge is -2.18. The van der Waals surface area contributed by atoms with Gasteiger partial charge < -0.3 is 20.2 Å². The molecule has 1 amide bonds. The molecule has 3 aromatic rings. The number of nitrogens with zero attached hydrogens (tertiary/aromatic N) is 5. The number of pyridine rings is 2. The van der Waals surface area contributed by atoms with Crippen molar-refractivity contribution in [1.82, 2.24) is 19.9 Å². The third-order valence-corrected chi connectivity index (χ3v) is 5.25. The SMILES string of the molecule is Cc1ccnc(N(C)c2cccc(-c3cnc(NCC(=O)N(C)CC(=O)O)s3)n2)c1. The van der Waals surface area contributed by atoms with Crippen LogP contribution >= 0.6 is 11.3 Å². The molecule has 0 atom stereocenters. The molecular formula is C20H22N6O3S. The van der Waals surface area contributed by atoms with Crippen molar-refractivity contribution in [2.24, 2.45) is 0 Å². The molecule has 0 bridgehead atoms. The first-order valence-electron chi connectivity index (χ1n) is 9.13. The summed E-state index contributed by atoms with van der Waals surface area (Å²) < 4.78 is 0. The average molecular weight is 427 g/mol. The van der Waals surface area contributed by atoms with Crippen LogP contribution in [0.4, 0.5) is 16.8 Å². The number of aromatic nitrogens is 3. The molecule has 0 unspecified atom stereocenters. The summed E-state index contributed by atoms with van der Waals surface area (Å²) in [5.41, 5.74) is 1.87. The number of carboxylic acid groups (broad SMARTS) is 1. The summed E-state index contributed by atoms with van der Waals surface area (Å²) in [5, 5.41) is 12.2. The third-order valence-electron chi connectivity index (χ3n) is 4.27. The van der Waals surface area contributed by atoms with Gasteiger partial charge in [-0.3, -0.25) is 9.59 Å². The predicted molar refractivity (Wildman–Crippen MR) is 116 cm³/mol. The van der Waals surface area contributed by atoms with Gasteiger partial charge in [0.15, 0.2) is 5.13 Å². The molecule has 3 aromatic heterocycles. The van der Waals surface area contributed by atoms with Crippen molar-refractivity contribution in [3.8, 4) is 10.6 Å². The fraction of sp³-hybridized carbons (Fsp3) is 0.250. The zero-order chi connectivity index (χ0) is 21.7. The number of nitrogens with one attached hydrogen (secondary N) is 1. The third kappa shape index (κ3) is 5.29. The van der Waals surface area contributed by atoms with Crippen molar-refractivity contribution in [3.63, 3.8) is 0 Å². The molecule has 0 aliphatic rings. The molecule has 0 saturated heterocycles. The first-order valence-corrected chi connectivity index (χ1v) is 9.94. The summed E-state index contributed by atoms with van der Waals surface area (Å²) in [6.07, 6.45) is 3.46. The lowest BCUT2D eigenvalue weighted by atomic mass is 10.3. The lowest BCUT2D eigenvalue weighted by Crippen LogP contribution is -2.35. The standard InChI is InChI=1S/C20H22N6O3S/c1-13-7-8-21-17(9-13)26(3)16-6-4-5-14(24-16)15-10-22-20(30-15)23-11-18(27)25(2)12-19(28)29/h4-10H,11-12H2,1-3H3,(H,22,23)(H,28,29). The van der Waals surface area contributed by atoms with E-state index in [4.69, 9.17) is 10.1 Å². The van der Waals surface area contributed by atoms with Crippen LogP contribution in [-0.4, -0.2) is 64.0 Å². The van der Waals surface area contributed by atoms with Crippen molar-refractivity contribution in [2.45, 2.75) is 6.92 Å². The Hall–Kier alpha value is -3.53. The Morgan fingerprint density at radius 1 is 1.17 bits per heavy atom. The topological polar surface area (TPSA) is 112 Å². The number of thiazole rings is 1. The number of carbonyl (C=O) groups excluding carboxylic acids is 1. The normalized spacial score (nSPS) is 10.5. The summed E-state index contributed by atoms with van der Waals surface area (Å²) in [7, 11) is 3.35. The first-order chi connectivity index (χ1) is 14.3. The number of hydrogen-bond acceptors (Lipinski definition) is 8. The van der Waals surface area contributed by atoms with Gasteiger partial charge in [0.1, 0.15) is 18.2 Å². The summed E-state index contributed by atoms with van der Waals surface area (Å²) in [6.45, 7) is 1.63. The molecule has 10 heteroatoms. The maximum Gasteiger partial charge on any atom is 0.323 e. The van der Waals surface area contributed by atoms with E-state index in [0.717, 1.165) is 32.7 Å². The van der Waals surface area contributed by atoms with Crippen molar-refractivity contribution < 1.29 is 14.7 Å². The first kappa shape index (κ1) is 21.2. The second kappa shape index (κ2) is 9.31. The average Bonchev–Trinajstić information content (AvgIpc) is 3.20. The van der Waals surface area contributed by atoms with Crippen molar-refractivity contribution >= 4 is 40.0 Å². The zero-order valence-corrected chi connectivity index (χ0v) is 17.7. The zero-order valence-electron chi connectivity index (χ0n) is 16.9. The molecule has 0 radical (unpaired) electrons. The largest absolute Gasteiger partial charge is 0.480 e. The second-order valence-electron chi connectivity index (χ2n) is 6.66. The quantitative estimate of drug-likeness (QED) is 0.565. The number of amides is 1. The van der Waals surface area contributed by atoms with Gasteiger partial charge in [-0.05, 0) is 36.8 Å². The molecule has 30 heavy (non-hydrogen) atoms. The van der Waals surface area contributed by atoms with E-state index >= 15 is 0 Å². The van der Waals surface area contributed by atoms with Crippen LogP contribution in [0.15, 0.2) is 42.7 Å². The summed E-state index contributed by atoms with van der Waals surface area (Å²) >= 11 is 1.37. The number of carboxylic acids is 1. The number of aliphatic carboxylic acids is 1. The number of hydrogen-bond donors (Lipinski definition) is 2. The van der Waals surface area contributed by atoms with Gasteiger partial charge in [-0.25, -0.2) is 15.0 Å². The van der Waals surface area contributed by atoms with Crippen LogP contribution in [0.2, 0.25) is 0 Å². The molecule has 0 saturated carbocycles. The monoisotopic (exact) mass is 426 g/mol. The Labute approximate surface area is 178 Å². The van der Waals surface area contributed by atoms with E-state index in [1.165, 1.54) is 18.4 Å². The van der Waals surface area contributed by atoms with Gasteiger partial charge in [0.25, 0.3) is 0 Å². The van der Waals surface area contributed by atoms with E-state index in [1.54, 1.807) is 12.4 Å². The van der Waals surface area contributed by atoms with Gasteiger partial charge >= 0.3 is 5.97 Å². The van der Waals surface area contributed by atoms with Crippen molar-refractivity contribution in [2.75, 3.05) is 37.4 Å². The molecule has 9 nitrogen and oxygen atoms in total. The van der Waals surface area contributed by atoms with Gasteiger partial charge in [-0.2, -0.15) is 0 Å². The second-order valence-corrected chi connectivity index (χ2v) is 7.69. The van der Waals surface area contributed by atoms with Crippen LogP contribution in [0.1, 0.15) is 5.56 Å². The molecule has 2 N–H and O–H groups in total. The molecule has 3 heterocycles. The molecule has 3 rings (SSSR count). The molecular weight excluding hydrogens is 404 g/mol. The molecule has 0 aliphatic carbocycles. The smallest absolute Gasteiger partial charge is 0.323 e. The minimum Gasteiger partial charge on any atom is -0.480 e. The molecule has 0 fully saturated rings. The van der Waals surface area contributed by atoms with Crippen LogP contribution in [0.25, 0.3) is 10.6 Å². The maximum absolute atomic E-state index is 12.0. The summed E-state index contributed by atoms with van der Waals surface area (Å²) in [4.78, 5) is 39.9. The molecule has 0 spiro atoms. The highest BCUT2D eigenvalue weighted by atomic mass is 32.1. The van der Waals surface area contributed by atoms with E-state index in [2.05, 4.69) is 15.3 Å². The number of carbonyl (C=O) groups is 2. The summed E-state index contributed by atoms with van der Waals surface area (Å²) in [5.74, 6) is 0.162. The van der Waals surface area contributed by atoms with Crippen LogP contribution in [0.3, 0.4) is 0 Å². The van der Waals surface area contributed by atoms with Gasteiger partial charge in [0, 0.05) is 26.5 Å². The minimum atomic E-state index is -1.06. The fourth-order valence-electron chi connectivity index (χ4n) is 2.62. The number of likely N-dealkylation sites (N-methyl/N-ethyl adjacent to an activating group) is 1. The highest BCUT2D eigenvalue weighted by Crippen LogP contribution is 2.30. The van der Waals surface area contributed by atoms with Crippen molar-refractivity contribution in [1.29, 1.82) is 0 Å². The highest BCUT2D eigenvalue weighted by Gasteiger charge is 2.14. The van der Waals surface area contributed by atoms with Crippen LogP contribution < -0.4 is 10.2 Å². The van der Waals surface area contributed by atoms with Crippen LogP contribution in [0.5, 0.6) is 0 Å². The van der Waals surface area contributed by atoms with Crippen LogP contribution in [0, 0.1) is 6.92 Å². The predicted octanol–water partition coefficient (Wildman–Crippen LogP) is 2.63. The Morgan fingerprint density at radius 2 is 1.97 bits per heavy atom. The van der Waals surface area contributed by atoms with E-state index in [-0.39, 0.29) is 19.0 Å². The van der Waals surface area contributed by atoms with Crippen molar-refractivity contribution in [3.05, 3.63) is 48.3 Å². The van der Waals surface area contributed by atoms with Gasteiger partial charge in [0.05, 0.1) is 17.1 Å². The number of aryl methyl sites for hydroxylation is 1. The summed E-state index contributed by atoms with van der Waals surface area (Å²) in [6, 6.07) is 9.65. The highest BCUT2D eigenvalue weighted by molar-refractivity contribution is 7.18. The lowest BCUT2D eigenvalue weighted by molar-refractivity contribution is -0.142. The molecule has 0 aromatic carbocycles. The van der Waals surface area contributed by atoms with E-state index in [1.807, 2.05) is 49.2 Å². The number of rotatable bonds is 8. The van der Waals surface area contributed by atoms with Gasteiger partial charge in [-0.1, -0.05) is 17.4 Å². The minimum absolute atomic E-state index is 0.0357. The van der Waals surface area contributed by atoms with Gasteiger partial charge in [0.2, 0.25) is 5.91 Å². The Balaban J connectivity index is 1.69. The molecule has 0 aliphatic heterocycles. The van der Waals surface area contributed by atoms with E-state index < -0.39 is 5.97 Å². The number of anilines is 3. The van der Waals surface area contributed by atoms with Crippen LogP contribution in [-0.2, 0) is 9.59 Å². The van der Waals surface area contributed by atoms with Gasteiger partial charge in [-0.15, -0.1) is 0 Å². The maximum atomic E-state index is 12.0. The molecule has 156 valence electrons.